The molecule has 1 nitrogen and oxygen atoms in total. The molecular formula is C13H17FO. The van der Waals surface area contributed by atoms with Crippen LogP contribution in [0.5, 0.6) is 5.75 Å². The summed E-state index contributed by atoms with van der Waals surface area (Å²) in [6.45, 7) is 5.16. The van der Waals surface area contributed by atoms with Crippen LogP contribution in [0.1, 0.15) is 38.2 Å². The first-order valence-corrected chi connectivity index (χ1v) is 5.64. The largest absolute Gasteiger partial charge is 0.493 e. The number of ether oxygens (including phenoxy) is 1. The van der Waals surface area contributed by atoms with Gasteiger partial charge in [0.25, 0.3) is 0 Å². The SMILES string of the molecule is CCC(C)C1CCOc2ccc(F)cc21. The van der Waals surface area contributed by atoms with Gasteiger partial charge >= 0.3 is 0 Å². The van der Waals surface area contributed by atoms with E-state index in [1.807, 2.05) is 0 Å². The average molecular weight is 208 g/mol. The number of halogens is 1. The van der Waals surface area contributed by atoms with E-state index in [1.165, 1.54) is 6.07 Å². The number of benzene rings is 1. The van der Waals surface area contributed by atoms with Crippen molar-refractivity contribution in [2.75, 3.05) is 6.61 Å². The van der Waals surface area contributed by atoms with Crippen molar-refractivity contribution in [2.45, 2.75) is 32.6 Å². The summed E-state index contributed by atoms with van der Waals surface area (Å²) in [7, 11) is 0. The number of rotatable bonds is 2. The number of hydrogen-bond acceptors (Lipinski definition) is 1. The second kappa shape index (κ2) is 4.21. The van der Waals surface area contributed by atoms with E-state index < -0.39 is 0 Å². The van der Waals surface area contributed by atoms with Gasteiger partial charge in [-0.2, -0.15) is 0 Å². The Balaban J connectivity index is 2.36. The van der Waals surface area contributed by atoms with Gasteiger partial charge in [-0.1, -0.05) is 20.3 Å². The van der Waals surface area contributed by atoms with Crippen molar-refractivity contribution in [1.82, 2.24) is 0 Å². The van der Waals surface area contributed by atoms with E-state index >= 15 is 0 Å². The van der Waals surface area contributed by atoms with Crippen molar-refractivity contribution in [3.05, 3.63) is 29.6 Å². The van der Waals surface area contributed by atoms with Gasteiger partial charge in [-0.15, -0.1) is 0 Å². The lowest BCUT2D eigenvalue weighted by molar-refractivity contribution is 0.240. The molecule has 0 spiro atoms. The normalized spacial score (nSPS) is 21.7. The summed E-state index contributed by atoms with van der Waals surface area (Å²) in [5.74, 6) is 1.75. The third kappa shape index (κ3) is 1.99. The molecule has 0 aliphatic carbocycles. The zero-order valence-corrected chi connectivity index (χ0v) is 9.29. The van der Waals surface area contributed by atoms with Gasteiger partial charge in [0.15, 0.2) is 0 Å². The molecule has 1 aliphatic rings. The van der Waals surface area contributed by atoms with Crippen molar-refractivity contribution in [3.8, 4) is 5.75 Å². The van der Waals surface area contributed by atoms with Crippen molar-refractivity contribution < 1.29 is 9.13 Å². The maximum atomic E-state index is 13.2. The third-order valence-electron chi connectivity index (χ3n) is 3.39. The van der Waals surface area contributed by atoms with Gasteiger partial charge in [0.05, 0.1) is 6.61 Å². The molecule has 15 heavy (non-hydrogen) atoms. The van der Waals surface area contributed by atoms with Gasteiger partial charge in [0.1, 0.15) is 11.6 Å². The summed E-state index contributed by atoms with van der Waals surface area (Å²) in [4.78, 5) is 0. The lowest BCUT2D eigenvalue weighted by Gasteiger charge is -2.29. The van der Waals surface area contributed by atoms with Crippen LogP contribution in [0.15, 0.2) is 18.2 Å². The maximum Gasteiger partial charge on any atom is 0.123 e. The van der Waals surface area contributed by atoms with E-state index in [-0.39, 0.29) is 5.82 Å². The lowest BCUT2D eigenvalue weighted by atomic mass is 9.82. The minimum Gasteiger partial charge on any atom is -0.493 e. The van der Waals surface area contributed by atoms with Crippen molar-refractivity contribution in [2.24, 2.45) is 5.92 Å². The Bertz CT molecular complexity index is 348. The Hall–Kier alpha value is -1.05. The molecule has 0 amide bonds. The van der Waals surface area contributed by atoms with Crippen LogP contribution in [-0.4, -0.2) is 6.61 Å². The molecule has 2 heteroatoms. The van der Waals surface area contributed by atoms with E-state index in [0.717, 1.165) is 30.8 Å². The highest BCUT2D eigenvalue weighted by Crippen LogP contribution is 2.39. The van der Waals surface area contributed by atoms with E-state index in [9.17, 15) is 4.39 Å². The molecular weight excluding hydrogens is 191 g/mol. The van der Waals surface area contributed by atoms with E-state index in [1.54, 1.807) is 12.1 Å². The topological polar surface area (TPSA) is 9.23 Å². The molecule has 1 aromatic rings. The van der Waals surface area contributed by atoms with Crippen LogP contribution >= 0.6 is 0 Å². The van der Waals surface area contributed by atoms with Crippen LogP contribution in [0.2, 0.25) is 0 Å². The summed E-state index contributed by atoms with van der Waals surface area (Å²) >= 11 is 0. The van der Waals surface area contributed by atoms with Crippen LogP contribution in [0.3, 0.4) is 0 Å². The highest BCUT2D eigenvalue weighted by Gasteiger charge is 2.25. The lowest BCUT2D eigenvalue weighted by Crippen LogP contribution is -2.19. The van der Waals surface area contributed by atoms with Crippen LogP contribution in [0.25, 0.3) is 0 Å². The summed E-state index contributed by atoms with van der Waals surface area (Å²) in [5.41, 5.74) is 1.05. The van der Waals surface area contributed by atoms with Gasteiger partial charge in [0, 0.05) is 5.56 Å². The second-order valence-electron chi connectivity index (χ2n) is 4.31. The molecule has 2 unspecified atom stereocenters. The van der Waals surface area contributed by atoms with Crippen LogP contribution in [0, 0.1) is 11.7 Å². The molecule has 2 rings (SSSR count). The van der Waals surface area contributed by atoms with Crippen molar-refractivity contribution >= 4 is 0 Å². The molecule has 0 radical (unpaired) electrons. The minimum absolute atomic E-state index is 0.160. The standard InChI is InChI=1S/C13H17FO/c1-3-9(2)11-6-7-15-13-5-4-10(14)8-12(11)13/h4-5,8-9,11H,3,6-7H2,1-2H3. The quantitative estimate of drug-likeness (QED) is 0.719. The Morgan fingerprint density at radius 3 is 3.07 bits per heavy atom. The molecule has 2 atom stereocenters. The fourth-order valence-electron chi connectivity index (χ4n) is 2.27. The monoisotopic (exact) mass is 208 g/mol. The molecule has 0 N–H and O–H groups in total. The average Bonchev–Trinajstić information content (AvgIpc) is 2.27. The van der Waals surface area contributed by atoms with Crippen molar-refractivity contribution in [1.29, 1.82) is 0 Å². The molecule has 0 fully saturated rings. The van der Waals surface area contributed by atoms with Crippen LogP contribution in [-0.2, 0) is 0 Å². The van der Waals surface area contributed by atoms with E-state index in [0.29, 0.717) is 11.8 Å². The second-order valence-corrected chi connectivity index (χ2v) is 4.31. The summed E-state index contributed by atoms with van der Waals surface area (Å²) in [6, 6.07) is 4.85. The zero-order chi connectivity index (χ0) is 10.8. The molecule has 0 saturated heterocycles. The third-order valence-corrected chi connectivity index (χ3v) is 3.39. The predicted molar refractivity (Wildman–Crippen MR) is 58.7 cm³/mol. The molecule has 0 bridgehead atoms. The van der Waals surface area contributed by atoms with Gasteiger partial charge in [-0.25, -0.2) is 4.39 Å². The zero-order valence-electron chi connectivity index (χ0n) is 9.29. The fraction of sp³-hybridized carbons (Fsp3) is 0.538. The predicted octanol–water partition coefficient (Wildman–Crippen LogP) is 3.74. The Labute approximate surface area is 90.3 Å². The highest BCUT2D eigenvalue weighted by atomic mass is 19.1. The fourth-order valence-corrected chi connectivity index (χ4v) is 2.27. The van der Waals surface area contributed by atoms with Gasteiger partial charge in [-0.3, -0.25) is 0 Å². The molecule has 82 valence electrons. The summed E-state index contributed by atoms with van der Waals surface area (Å²) in [6.07, 6.45) is 2.13. The van der Waals surface area contributed by atoms with Gasteiger partial charge in [0.2, 0.25) is 0 Å². The summed E-state index contributed by atoms with van der Waals surface area (Å²) < 4.78 is 18.7. The highest BCUT2D eigenvalue weighted by molar-refractivity contribution is 5.38. The smallest absolute Gasteiger partial charge is 0.123 e. The first kappa shape index (κ1) is 10.5. The van der Waals surface area contributed by atoms with Gasteiger partial charge in [-0.05, 0) is 36.5 Å². The van der Waals surface area contributed by atoms with Gasteiger partial charge < -0.3 is 4.74 Å². The molecule has 0 saturated carbocycles. The van der Waals surface area contributed by atoms with Crippen LogP contribution in [0.4, 0.5) is 4.39 Å². The van der Waals surface area contributed by atoms with Crippen LogP contribution < -0.4 is 4.74 Å². The molecule has 1 heterocycles. The molecule has 0 aromatic heterocycles. The van der Waals surface area contributed by atoms with Crippen molar-refractivity contribution in [3.63, 3.8) is 0 Å². The molecule has 1 aromatic carbocycles. The maximum absolute atomic E-state index is 13.2. The Morgan fingerprint density at radius 1 is 1.53 bits per heavy atom. The van der Waals surface area contributed by atoms with E-state index in [4.69, 9.17) is 4.74 Å². The summed E-state index contributed by atoms with van der Waals surface area (Å²) in [5, 5.41) is 0. The van der Waals surface area contributed by atoms with E-state index in [2.05, 4.69) is 13.8 Å². The minimum atomic E-state index is -0.160. The number of fused-ring (bicyclic) bond motifs is 1. The number of hydrogen-bond donors (Lipinski definition) is 0. The Morgan fingerprint density at radius 2 is 2.33 bits per heavy atom. The first-order chi connectivity index (χ1) is 7.22. The molecule has 1 aliphatic heterocycles. The first-order valence-electron chi connectivity index (χ1n) is 5.64. The Kier molecular flexibility index (Phi) is 2.94.